The van der Waals surface area contributed by atoms with Crippen molar-refractivity contribution in [1.29, 1.82) is 0 Å². The van der Waals surface area contributed by atoms with Gasteiger partial charge in [0.15, 0.2) is 0 Å². The minimum atomic E-state index is 0.489. The minimum Gasteiger partial charge on any atom is -0.491 e. The van der Waals surface area contributed by atoms with Gasteiger partial charge in [0, 0.05) is 25.6 Å². The Morgan fingerprint density at radius 3 is 2.78 bits per heavy atom. The monoisotopic (exact) mass is 250 g/mol. The molecule has 100 valence electrons. The fraction of sp³-hybridized carbons (Fsp3) is 0.571. The van der Waals surface area contributed by atoms with Crippen molar-refractivity contribution in [2.75, 3.05) is 45.2 Å². The average molecular weight is 250 g/mol. The second-order valence-corrected chi connectivity index (χ2v) is 4.87. The summed E-state index contributed by atoms with van der Waals surface area (Å²) in [6.45, 7) is 7.70. The number of rotatable bonds is 5. The number of nitrogens with zero attached hydrogens (tertiary/aromatic N) is 1. The molecule has 0 radical (unpaired) electrons. The molecule has 1 unspecified atom stereocenters. The Labute approximate surface area is 109 Å². The summed E-state index contributed by atoms with van der Waals surface area (Å²) in [5.74, 6) is 1.27. The Balaban J connectivity index is 1.74. The molecule has 1 heterocycles. The van der Waals surface area contributed by atoms with E-state index in [4.69, 9.17) is 15.2 Å². The molecular weight excluding hydrogens is 228 g/mol. The molecule has 0 amide bonds. The van der Waals surface area contributed by atoms with Gasteiger partial charge in [-0.25, -0.2) is 0 Å². The van der Waals surface area contributed by atoms with Gasteiger partial charge in [-0.2, -0.15) is 0 Å². The zero-order chi connectivity index (χ0) is 12.8. The van der Waals surface area contributed by atoms with Gasteiger partial charge < -0.3 is 15.2 Å². The van der Waals surface area contributed by atoms with Crippen molar-refractivity contribution >= 4 is 5.69 Å². The van der Waals surface area contributed by atoms with Crippen LogP contribution in [0.2, 0.25) is 0 Å². The molecule has 2 rings (SSSR count). The van der Waals surface area contributed by atoms with E-state index >= 15 is 0 Å². The van der Waals surface area contributed by atoms with Gasteiger partial charge in [0.25, 0.3) is 0 Å². The normalized spacial score (nSPS) is 18.5. The lowest BCUT2D eigenvalue weighted by Gasteiger charge is -2.29. The summed E-state index contributed by atoms with van der Waals surface area (Å²) in [6.07, 6.45) is 0. The summed E-state index contributed by atoms with van der Waals surface area (Å²) in [7, 11) is 0. The van der Waals surface area contributed by atoms with Crippen molar-refractivity contribution in [1.82, 2.24) is 4.90 Å². The topological polar surface area (TPSA) is 47.7 Å². The lowest BCUT2D eigenvalue weighted by Crippen LogP contribution is -2.39. The summed E-state index contributed by atoms with van der Waals surface area (Å²) in [5, 5.41) is 0. The molecule has 1 aromatic carbocycles. The lowest BCUT2D eigenvalue weighted by atomic mass is 10.2. The average Bonchev–Trinajstić information content (AvgIpc) is 2.39. The van der Waals surface area contributed by atoms with Crippen molar-refractivity contribution in [3.63, 3.8) is 0 Å². The molecule has 0 aliphatic carbocycles. The Kier molecular flexibility index (Phi) is 4.84. The number of anilines is 1. The highest BCUT2D eigenvalue weighted by Gasteiger charge is 2.14. The second-order valence-electron chi connectivity index (χ2n) is 4.87. The van der Waals surface area contributed by atoms with Crippen LogP contribution in [-0.2, 0) is 4.74 Å². The van der Waals surface area contributed by atoms with Crippen molar-refractivity contribution in [3.05, 3.63) is 24.3 Å². The fourth-order valence-corrected chi connectivity index (χ4v) is 2.12. The van der Waals surface area contributed by atoms with Crippen LogP contribution in [0.4, 0.5) is 5.69 Å². The number of morpholine rings is 1. The Morgan fingerprint density at radius 1 is 1.33 bits per heavy atom. The maximum Gasteiger partial charge on any atom is 0.142 e. The molecule has 0 spiro atoms. The highest BCUT2D eigenvalue weighted by Crippen LogP contribution is 2.20. The number of benzene rings is 1. The maximum atomic E-state index is 5.84. The molecule has 18 heavy (non-hydrogen) atoms. The lowest BCUT2D eigenvalue weighted by molar-refractivity contribution is 0.0284. The van der Waals surface area contributed by atoms with Crippen LogP contribution in [0.1, 0.15) is 6.92 Å². The van der Waals surface area contributed by atoms with Crippen LogP contribution in [0.5, 0.6) is 5.75 Å². The van der Waals surface area contributed by atoms with E-state index in [1.165, 1.54) is 0 Å². The Morgan fingerprint density at radius 2 is 2.06 bits per heavy atom. The van der Waals surface area contributed by atoms with Gasteiger partial charge in [0.05, 0.1) is 25.5 Å². The van der Waals surface area contributed by atoms with Crippen molar-refractivity contribution in [2.45, 2.75) is 6.92 Å². The number of hydrogen-bond donors (Lipinski definition) is 1. The Bertz CT molecular complexity index is 365. The van der Waals surface area contributed by atoms with Crippen LogP contribution in [-0.4, -0.2) is 44.4 Å². The molecule has 1 aliphatic rings. The van der Waals surface area contributed by atoms with Gasteiger partial charge >= 0.3 is 0 Å². The molecule has 1 fully saturated rings. The van der Waals surface area contributed by atoms with E-state index in [0.717, 1.165) is 38.6 Å². The van der Waals surface area contributed by atoms with Crippen molar-refractivity contribution in [2.24, 2.45) is 5.92 Å². The van der Waals surface area contributed by atoms with E-state index in [-0.39, 0.29) is 0 Å². The zero-order valence-electron chi connectivity index (χ0n) is 11.0. The van der Waals surface area contributed by atoms with Gasteiger partial charge in [0.1, 0.15) is 5.75 Å². The second kappa shape index (κ2) is 6.61. The van der Waals surface area contributed by atoms with E-state index in [9.17, 15) is 0 Å². The summed E-state index contributed by atoms with van der Waals surface area (Å²) in [4.78, 5) is 2.42. The van der Waals surface area contributed by atoms with Gasteiger partial charge in [-0.1, -0.05) is 19.1 Å². The minimum absolute atomic E-state index is 0.489. The number of ether oxygens (including phenoxy) is 2. The van der Waals surface area contributed by atoms with Crippen LogP contribution in [0.3, 0.4) is 0 Å². The zero-order valence-corrected chi connectivity index (χ0v) is 11.0. The molecule has 1 atom stereocenters. The first-order valence-electron chi connectivity index (χ1n) is 6.53. The van der Waals surface area contributed by atoms with E-state index < -0.39 is 0 Å². The SMILES string of the molecule is CC(COc1ccccc1N)CN1CCOCC1. The first-order valence-corrected chi connectivity index (χ1v) is 6.53. The van der Waals surface area contributed by atoms with Crippen LogP contribution in [0.15, 0.2) is 24.3 Å². The first-order chi connectivity index (χ1) is 8.75. The molecule has 0 bridgehead atoms. The summed E-state index contributed by atoms with van der Waals surface area (Å²) >= 11 is 0. The molecule has 0 aromatic heterocycles. The van der Waals surface area contributed by atoms with Gasteiger partial charge in [0.2, 0.25) is 0 Å². The fourth-order valence-electron chi connectivity index (χ4n) is 2.12. The smallest absolute Gasteiger partial charge is 0.142 e. The molecule has 1 aromatic rings. The highest BCUT2D eigenvalue weighted by molar-refractivity contribution is 5.51. The summed E-state index contributed by atoms with van der Waals surface area (Å²) in [5.41, 5.74) is 6.54. The summed E-state index contributed by atoms with van der Waals surface area (Å²) in [6, 6.07) is 7.64. The number of para-hydroxylation sites is 2. The highest BCUT2D eigenvalue weighted by atomic mass is 16.5. The molecule has 1 saturated heterocycles. The molecule has 0 saturated carbocycles. The molecule has 4 heteroatoms. The van der Waals surface area contributed by atoms with Crippen molar-refractivity contribution < 1.29 is 9.47 Å². The molecule has 1 aliphatic heterocycles. The van der Waals surface area contributed by atoms with Crippen molar-refractivity contribution in [3.8, 4) is 5.75 Å². The van der Waals surface area contributed by atoms with Gasteiger partial charge in [-0.3, -0.25) is 4.90 Å². The molecule has 2 N–H and O–H groups in total. The number of nitrogen functional groups attached to an aromatic ring is 1. The van der Waals surface area contributed by atoms with E-state index in [1.54, 1.807) is 0 Å². The maximum absolute atomic E-state index is 5.84. The summed E-state index contributed by atoms with van der Waals surface area (Å²) < 4.78 is 11.1. The van der Waals surface area contributed by atoms with E-state index in [0.29, 0.717) is 18.2 Å². The van der Waals surface area contributed by atoms with Crippen LogP contribution < -0.4 is 10.5 Å². The largest absolute Gasteiger partial charge is 0.491 e. The van der Waals surface area contributed by atoms with E-state index in [2.05, 4.69) is 11.8 Å². The number of nitrogens with two attached hydrogens (primary N) is 1. The Hall–Kier alpha value is -1.26. The van der Waals surface area contributed by atoms with Gasteiger partial charge in [-0.15, -0.1) is 0 Å². The van der Waals surface area contributed by atoms with Crippen LogP contribution >= 0.6 is 0 Å². The quantitative estimate of drug-likeness (QED) is 0.807. The molecular formula is C14H22N2O2. The third-order valence-electron chi connectivity index (χ3n) is 3.12. The van der Waals surface area contributed by atoms with E-state index in [1.807, 2.05) is 24.3 Å². The standard InChI is InChI=1S/C14H22N2O2/c1-12(10-16-6-8-17-9-7-16)11-18-14-5-3-2-4-13(14)15/h2-5,12H,6-11,15H2,1H3. The third kappa shape index (κ3) is 3.89. The molecule has 4 nitrogen and oxygen atoms in total. The predicted octanol–water partition coefficient (Wildman–Crippen LogP) is 1.62. The number of hydrogen-bond acceptors (Lipinski definition) is 4. The van der Waals surface area contributed by atoms with Gasteiger partial charge in [-0.05, 0) is 12.1 Å². The van der Waals surface area contributed by atoms with Crippen LogP contribution in [0.25, 0.3) is 0 Å². The third-order valence-corrected chi connectivity index (χ3v) is 3.12. The predicted molar refractivity (Wildman–Crippen MR) is 72.8 cm³/mol. The van der Waals surface area contributed by atoms with Crippen LogP contribution in [0, 0.1) is 5.92 Å². The first kappa shape index (κ1) is 13.2.